The van der Waals surface area contributed by atoms with Gasteiger partial charge in [0.05, 0.1) is 11.5 Å². The zero-order valence-electron chi connectivity index (χ0n) is 19.1. The average Bonchev–Trinajstić information content (AvgIpc) is 2.92. The lowest BCUT2D eigenvalue weighted by Crippen LogP contribution is -2.70. The highest BCUT2D eigenvalue weighted by Gasteiger charge is 2.78. The summed E-state index contributed by atoms with van der Waals surface area (Å²) in [6.45, 7) is 6.32. The standard InChI is InChI=1S/C24H30F2O7/c1-5-19(29)32-24(33-20(30)31)12(2)8-14-15-10-17(25)16-9-13(27)6-7-21(16,3)23(15,26)18(28)11-22(14,24)4/h6-7,9,12,14-15,17-18,28H,5,8,10-11H2,1-4H3,(H,30,31)/t12-,14+,15+,17+,18+,21+,22+,23+,24+/m1/s1. The molecule has 9 atom stereocenters. The fourth-order valence-corrected chi connectivity index (χ4v) is 7.31. The Bertz CT molecular complexity index is 962. The smallest absolute Gasteiger partial charge is 0.450 e. The summed E-state index contributed by atoms with van der Waals surface area (Å²) in [6.07, 6.45) is -1.64. The highest BCUT2D eigenvalue weighted by Crippen LogP contribution is 2.71. The first kappa shape index (κ1) is 23.9. The van der Waals surface area contributed by atoms with Crippen molar-refractivity contribution in [2.75, 3.05) is 0 Å². The van der Waals surface area contributed by atoms with Crippen molar-refractivity contribution in [1.29, 1.82) is 0 Å². The van der Waals surface area contributed by atoms with E-state index in [2.05, 4.69) is 0 Å². The van der Waals surface area contributed by atoms with Gasteiger partial charge < -0.3 is 19.7 Å². The fraction of sp³-hybridized carbons (Fsp3) is 0.708. The van der Waals surface area contributed by atoms with Gasteiger partial charge in [0, 0.05) is 23.7 Å². The molecule has 0 aromatic heterocycles. The molecule has 4 aliphatic carbocycles. The number of hydrogen-bond acceptors (Lipinski definition) is 6. The third kappa shape index (κ3) is 2.90. The van der Waals surface area contributed by atoms with E-state index in [-0.39, 0.29) is 31.3 Å². The average molecular weight is 468 g/mol. The SMILES string of the molecule is CCC(=O)O[C@]1(OC(=O)O)[C@H](C)C[C@H]2[C@@H]3C[C@H](F)C4=CC(=O)C=C[C@]4(C)[C@@]3(F)[C@@H](O)C[C@@]21C. The van der Waals surface area contributed by atoms with Gasteiger partial charge in [-0.3, -0.25) is 9.59 Å². The Morgan fingerprint density at radius 3 is 2.48 bits per heavy atom. The van der Waals surface area contributed by atoms with E-state index < -0.39 is 70.2 Å². The monoisotopic (exact) mass is 468 g/mol. The minimum Gasteiger partial charge on any atom is -0.450 e. The minimum absolute atomic E-state index is 0.00732. The van der Waals surface area contributed by atoms with Gasteiger partial charge in [-0.05, 0) is 49.8 Å². The minimum atomic E-state index is -2.31. The van der Waals surface area contributed by atoms with Crippen molar-refractivity contribution in [3.05, 3.63) is 23.8 Å². The van der Waals surface area contributed by atoms with Crippen LogP contribution >= 0.6 is 0 Å². The van der Waals surface area contributed by atoms with Crippen LogP contribution in [0.3, 0.4) is 0 Å². The molecule has 0 heterocycles. The predicted molar refractivity (Wildman–Crippen MR) is 111 cm³/mol. The number of rotatable bonds is 3. The highest BCUT2D eigenvalue weighted by atomic mass is 19.1. The molecular weight excluding hydrogens is 438 g/mol. The molecule has 0 aromatic rings. The van der Waals surface area contributed by atoms with E-state index in [1.165, 1.54) is 19.1 Å². The molecule has 182 valence electrons. The highest BCUT2D eigenvalue weighted by molar-refractivity contribution is 6.01. The van der Waals surface area contributed by atoms with Gasteiger partial charge in [-0.25, -0.2) is 13.6 Å². The number of esters is 1. The molecule has 0 spiro atoms. The molecule has 0 amide bonds. The number of ether oxygens (including phenoxy) is 2. The van der Waals surface area contributed by atoms with Crippen LogP contribution in [0.25, 0.3) is 0 Å². The van der Waals surface area contributed by atoms with Crippen LogP contribution in [0.15, 0.2) is 23.8 Å². The number of fused-ring (bicyclic) bond motifs is 5. The number of aliphatic hydroxyl groups is 1. The number of alkyl halides is 2. The third-order valence-corrected chi connectivity index (χ3v) is 8.86. The van der Waals surface area contributed by atoms with Crippen LogP contribution in [0.2, 0.25) is 0 Å². The van der Waals surface area contributed by atoms with Crippen molar-refractivity contribution in [3.8, 4) is 0 Å². The Morgan fingerprint density at radius 1 is 1.21 bits per heavy atom. The topological polar surface area (TPSA) is 110 Å². The summed E-state index contributed by atoms with van der Waals surface area (Å²) < 4.78 is 43.5. The Hall–Kier alpha value is -2.29. The molecule has 7 nitrogen and oxygen atoms in total. The van der Waals surface area contributed by atoms with Gasteiger partial charge in [-0.15, -0.1) is 0 Å². The summed E-state index contributed by atoms with van der Waals surface area (Å²) >= 11 is 0. The van der Waals surface area contributed by atoms with Gasteiger partial charge >= 0.3 is 12.1 Å². The summed E-state index contributed by atoms with van der Waals surface area (Å²) in [6, 6.07) is 0. The van der Waals surface area contributed by atoms with Gasteiger partial charge in [0.2, 0.25) is 0 Å². The number of ketones is 1. The van der Waals surface area contributed by atoms with Gasteiger partial charge in [0.1, 0.15) is 6.17 Å². The molecule has 0 aliphatic heterocycles. The van der Waals surface area contributed by atoms with E-state index in [0.717, 1.165) is 6.08 Å². The van der Waals surface area contributed by atoms with Crippen molar-refractivity contribution in [2.24, 2.45) is 28.6 Å². The van der Waals surface area contributed by atoms with Crippen molar-refractivity contribution >= 4 is 17.9 Å². The first-order valence-electron chi connectivity index (χ1n) is 11.4. The maximum absolute atomic E-state index is 17.1. The van der Waals surface area contributed by atoms with Crippen molar-refractivity contribution in [2.45, 2.75) is 77.1 Å². The Morgan fingerprint density at radius 2 is 1.88 bits per heavy atom. The lowest BCUT2D eigenvalue weighted by atomic mass is 9.45. The van der Waals surface area contributed by atoms with E-state index in [1.807, 2.05) is 0 Å². The number of hydrogen-bond donors (Lipinski definition) is 2. The van der Waals surface area contributed by atoms with Crippen LogP contribution in [-0.4, -0.2) is 51.9 Å². The second-order valence-corrected chi connectivity index (χ2v) is 10.4. The molecule has 4 rings (SSSR count). The molecule has 0 bridgehead atoms. The maximum atomic E-state index is 17.1. The normalized spacial score (nSPS) is 48.3. The van der Waals surface area contributed by atoms with Crippen molar-refractivity contribution < 1.29 is 42.9 Å². The number of carbonyl (C=O) groups excluding carboxylic acids is 2. The molecule has 9 heteroatoms. The Labute approximate surface area is 190 Å². The molecule has 33 heavy (non-hydrogen) atoms. The van der Waals surface area contributed by atoms with E-state index in [0.29, 0.717) is 0 Å². The first-order valence-corrected chi connectivity index (χ1v) is 11.4. The molecule has 2 N–H and O–H groups in total. The van der Waals surface area contributed by atoms with E-state index in [9.17, 15) is 24.6 Å². The molecule has 0 saturated heterocycles. The predicted octanol–water partition coefficient (Wildman–Crippen LogP) is 3.90. The van der Waals surface area contributed by atoms with Crippen LogP contribution in [0.4, 0.5) is 13.6 Å². The lowest BCUT2D eigenvalue weighted by molar-refractivity contribution is -0.299. The second-order valence-electron chi connectivity index (χ2n) is 10.4. The van der Waals surface area contributed by atoms with Gasteiger partial charge in [0.15, 0.2) is 11.5 Å². The maximum Gasteiger partial charge on any atom is 0.509 e. The molecule has 4 aliphatic rings. The molecule has 0 aromatic carbocycles. The van der Waals surface area contributed by atoms with Gasteiger partial charge in [-0.1, -0.05) is 26.8 Å². The molecule has 0 radical (unpaired) electrons. The van der Waals surface area contributed by atoms with Crippen molar-refractivity contribution in [3.63, 3.8) is 0 Å². The van der Waals surface area contributed by atoms with Gasteiger partial charge in [-0.2, -0.15) is 0 Å². The Kier molecular flexibility index (Phi) is 5.32. The molecule has 3 saturated carbocycles. The van der Waals surface area contributed by atoms with Crippen molar-refractivity contribution in [1.82, 2.24) is 0 Å². The number of carbonyl (C=O) groups is 3. The summed E-state index contributed by atoms with van der Waals surface area (Å²) in [7, 11) is 0. The van der Waals surface area contributed by atoms with E-state index >= 15 is 8.78 Å². The van der Waals surface area contributed by atoms with Crippen LogP contribution in [-0.2, 0) is 19.1 Å². The fourth-order valence-electron chi connectivity index (χ4n) is 7.31. The summed E-state index contributed by atoms with van der Waals surface area (Å²) in [5.74, 6) is -5.39. The Balaban J connectivity index is 1.86. The summed E-state index contributed by atoms with van der Waals surface area (Å²) in [5.41, 5.74) is -5.14. The second kappa shape index (κ2) is 7.35. The molecular formula is C24H30F2O7. The quantitative estimate of drug-likeness (QED) is 0.478. The number of allylic oxidation sites excluding steroid dienone is 4. The van der Waals surface area contributed by atoms with E-state index in [4.69, 9.17) is 9.47 Å². The lowest BCUT2D eigenvalue weighted by Gasteiger charge is -2.62. The van der Waals surface area contributed by atoms with Crippen LogP contribution in [0, 0.1) is 28.6 Å². The number of aliphatic hydroxyl groups excluding tert-OH is 1. The van der Waals surface area contributed by atoms with Crippen LogP contribution < -0.4 is 0 Å². The zero-order chi connectivity index (χ0) is 24.6. The third-order valence-electron chi connectivity index (χ3n) is 8.86. The molecule has 0 unspecified atom stereocenters. The van der Waals surface area contributed by atoms with Gasteiger partial charge in [0.25, 0.3) is 5.79 Å². The first-order chi connectivity index (χ1) is 15.3. The number of halogens is 2. The largest absolute Gasteiger partial charge is 0.509 e. The molecule has 3 fully saturated rings. The number of carboxylic acid groups (broad SMARTS) is 1. The van der Waals surface area contributed by atoms with E-state index in [1.54, 1.807) is 20.8 Å². The zero-order valence-corrected chi connectivity index (χ0v) is 19.1. The van der Waals surface area contributed by atoms with Crippen LogP contribution in [0.1, 0.15) is 53.4 Å². The summed E-state index contributed by atoms with van der Waals surface area (Å²) in [5, 5.41) is 20.8. The summed E-state index contributed by atoms with van der Waals surface area (Å²) in [4.78, 5) is 35.9. The van der Waals surface area contributed by atoms with Crippen LogP contribution in [0.5, 0.6) is 0 Å².